The van der Waals surface area contributed by atoms with Gasteiger partial charge in [-0.2, -0.15) is 0 Å². The quantitative estimate of drug-likeness (QED) is 0.850. The number of hydrogen-bond acceptors (Lipinski definition) is 4. The highest BCUT2D eigenvalue weighted by atomic mass is 35.5. The second kappa shape index (κ2) is 7.46. The first-order valence-electron chi connectivity index (χ1n) is 7.92. The van der Waals surface area contributed by atoms with E-state index in [1.807, 2.05) is 0 Å². The third-order valence-electron chi connectivity index (χ3n) is 4.26. The molecule has 2 aliphatic heterocycles. The van der Waals surface area contributed by atoms with Gasteiger partial charge >= 0.3 is 0 Å². The van der Waals surface area contributed by atoms with Crippen molar-refractivity contribution in [3.8, 4) is 0 Å². The average Bonchev–Trinajstić information content (AvgIpc) is 2.62. The molecule has 1 N–H and O–H groups in total. The fourth-order valence-electron chi connectivity index (χ4n) is 2.92. The average molecular weight is 356 g/mol. The minimum absolute atomic E-state index is 0.0711. The van der Waals surface area contributed by atoms with Crippen molar-refractivity contribution in [1.29, 1.82) is 0 Å². The summed E-state index contributed by atoms with van der Waals surface area (Å²) in [6.07, 6.45) is -0.470. The Bertz CT molecular complexity index is 609. The van der Waals surface area contributed by atoms with Gasteiger partial charge in [-0.15, -0.1) is 0 Å². The van der Waals surface area contributed by atoms with Crippen LogP contribution in [0, 0.1) is 5.82 Å². The van der Waals surface area contributed by atoms with Crippen LogP contribution in [0.25, 0.3) is 0 Å². The normalized spacial score (nSPS) is 21.7. The number of carbonyl (C=O) groups excluding carboxylic acids is 2. The molecule has 0 aromatic heterocycles. The van der Waals surface area contributed by atoms with Crippen molar-refractivity contribution in [2.45, 2.75) is 6.10 Å². The minimum Gasteiger partial charge on any atom is -0.366 e. The van der Waals surface area contributed by atoms with Gasteiger partial charge in [0.1, 0.15) is 11.9 Å². The van der Waals surface area contributed by atoms with Crippen LogP contribution in [0.3, 0.4) is 0 Å². The Morgan fingerprint density at radius 2 is 1.92 bits per heavy atom. The van der Waals surface area contributed by atoms with Crippen LogP contribution in [0.1, 0.15) is 10.4 Å². The number of nitrogens with one attached hydrogen (secondary N) is 1. The van der Waals surface area contributed by atoms with E-state index in [9.17, 15) is 14.0 Å². The molecule has 0 aliphatic carbocycles. The zero-order valence-electron chi connectivity index (χ0n) is 13.1. The van der Waals surface area contributed by atoms with Gasteiger partial charge in [-0.3, -0.25) is 9.59 Å². The van der Waals surface area contributed by atoms with E-state index in [1.165, 1.54) is 23.1 Å². The zero-order valence-corrected chi connectivity index (χ0v) is 13.9. The van der Waals surface area contributed by atoms with E-state index < -0.39 is 17.8 Å². The van der Waals surface area contributed by atoms with Crippen LogP contribution >= 0.6 is 11.6 Å². The highest BCUT2D eigenvalue weighted by Gasteiger charge is 2.31. The molecule has 2 aliphatic rings. The maximum atomic E-state index is 13.9. The Hall–Kier alpha value is -1.70. The van der Waals surface area contributed by atoms with Gasteiger partial charge in [0, 0.05) is 39.3 Å². The van der Waals surface area contributed by atoms with Crippen LogP contribution in [-0.4, -0.2) is 73.6 Å². The number of hydrogen-bond donors (Lipinski definition) is 1. The van der Waals surface area contributed by atoms with Crippen molar-refractivity contribution in [2.75, 3.05) is 45.9 Å². The Morgan fingerprint density at radius 3 is 2.54 bits per heavy atom. The molecule has 24 heavy (non-hydrogen) atoms. The number of rotatable bonds is 2. The molecule has 2 heterocycles. The first-order valence-corrected chi connectivity index (χ1v) is 8.30. The predicted molar refractivity (Wildman–Crippen MR) is 86.5 cm³/mol. The summed E-state index contributed by atoms with van der Waals surface area (Å²) in [6.45, 7) is 3.25. The molecule has 0 saturated carbocycles. The molecule has 1 aromatic carbocycles. The first-order chi connectivity index (χ1) is 11.6. The van der Waals surface area contributed by atoms with Crippen molar-refractivity contribution in [1.82, 2.24) is 15.1 Å². The van der Waals surface area contributed by atoms with Crippen LogP contribution in [0.15, 0.2) is 18.2 Å². The Labute approximate surface area is 144 Å². The molecule has 0 radical (unpaired) electrons. The van der Waals surface area contributed by atoms with Gasteiger partial charge < -0.3 is 19.9 Å². The van der Waals surface area contributed by atoms with Crippen LogP contribution in [0.2, 0.25) is 5.02 Å². The number of nitrogens with zero attached hydrogens (tertiary/aromatic N) is 2. The second-order valence-corrected chi connectivity index (χ2v) is 6.18. The lowest BCUT2D eigenvalue weighted by Gasteiger charge is -2.37. The van der Waals surface area contributed by atoms with Crippen LogP contribution in [-0.2, 0) is 9.53 Å². The van der Waals surface area contributed by atoms with Gasteiger partial charge in [-0.1, -0.05) is 17.7 Å². The summed E-state index contributed by atoms with van der Waals surface area (Å²) >= 11 is 5.95. The van der Waals surface area contributed by atoms with E-state index >= 15 is 0 Å². The SMILES string of the molecule is O=C(c1c(F)cccc1Cl)N1CCN(C(=O)C2CNCCO2)CC1. The van der Waals surface area contributed by atoms with E-state index in [2.05, 4.69) is 5.32 Å². The fourth-order valence-corrected chi connectivity index (χ4v) is 3.16. The van der Waals surface area contributed by atoms with E-state index in [4.69, 9.17) is 16.3 Å². The highest BCUT2D eigenvalue weighted by molar-refractivity contribution is 6.33. The van der Waals surface area contributed by atoms with Gasteiger partial charge in [-0.05, 0) is 12.1 Å². The molecule has 0 spiro atoms. The maximum absolute atomic E-state index is 13.9. The molecule has 130 valence electrons. The molecule has 2 amide bonds. The number of carbonyl (C=O) groups is 2. The summed E-state index contributed by atoms with van der Waals surface area (Å²) in [4.78, 5) is 28.1. The van der Waals surface area contributed by atoms with Gasteiger partial charge in [0.25, 0.3) is 11.8 Å². The van der Waals surface area contributed by atoms with Crippen LogP contribution in [0.4, 0.5) is 4.39 Å². The van der Waals surface area contributed by atoms with Crippen molar-refractivity contribution in [3.63, 3.8) is 0 Å². The first kappa shape index (κ1) is 17.1. The van der Waals surface area contributed by atoms with Crippen molar-refractivity contribution in [3.05, 3.63) is 34.6 Å². The smallest absolute Gasteiger partial charge is 0.258 e. The van der Waals surface area contributed by atoms with Crippen molar-refractivity contribution < 1.29 is 18.7 Å². The molecule has 3 rings (SSSR count). The molecule has 2 fully saturated rings. The largest absolute Gasteiger partial charge is 0.366 e. The van der Waals surface area contributed by atoms with Gasteiger partial charge in [0.2, 0.25) is 0 Å². The second-order valence-electron chi connectivity index (χ2n) is 5.78. The van der Waals surface area contributed by atoms with Gasteiger partial charge in [0.15, 0.2) is 0 Å². The number of morpholine rings is 1. The van der Waals surface area contributed by atoms with Crippen LogP contribution < -0.4 is 5.32 Å². The summed E-state index contributed by atoms with van der Waals surface area (Å²) < 4.78 is 19.4. The Morgan fingerprint density at radius 1 is 1.21 bits per heavy atom. The summed E-state index contributed by atoms with van der Waals surface area (Å²) in [7, 11) is 0. The maximum Gasteiger partial charge on any atom is 0.258 e. The lowest BCUT2D eigenvalue weighted by Crippen LogP contribution is -2.56. The number of piperazine rings is 1. The predicted octanol–water partition coefficient (Wildman–Crippen LogP) is 0.752. The molecular formula is C16H19ClFN3O3. The third kappa shape index (κ3) is 3.53. The number of benzene rings is 1. The highest BCUT2D eigenvalue weighted by Crippen LogP contribution is 2.21. The standard InChI is InChI=1S/C16H19ClFN3O3/c17-11-2-1-3-12(18)14(11)16(23)21-7-5-20(6-8-21)15(22)13-10-19-4-9-24-13/h1-3,13,19H,4-10H2. The lowest BCUT2D eigenvalue weighted by atomic mass is 10.1. The minimum atomic E-state index is -0.632. The van der Waals surface area contributed by atoms with Gasteiger partial charge in [0.05, 0.1) is 17.2 Å². The number of ether oxygens (including phenoxy) is 1. The summed E-state index contributed by atoms with van der Waals surface area (Å²) in [6, 6.07) is 4.17. The van der Waals surface area contributed by atoms with E-state index in [0.717, 1.165) is 6.54 Å². The summed E-state index contributed by atoms with van der Waals surface area (Å²) in [5.74, 6) is -1.15. The molecule has 6 nitrogen and oxygen atoms in total. The van der Waals surface area contributed by atoms with Crippen molar-refractivity contribution >= 4 is 23.4 Å². The lowest BCUT2D eigenvalue weighted by molar-refractivity contribution is -0.146. The summed E-state index contributed by atoms with van der Waals surface area (Å²) in [5, 5.41) is 3.22. The van der Waals surface area contributed by atoms with Crippen LogP contribution in [0.5, 0.6) is 0 Å². The molecular weight excluding hydrogens is 337 g/mol. The molecule has 2 saturated heterocycles. The molecule has 1 atom stereocenters. The third-order valence-corrected chi connectivity index (χ3v) is 4.57. The fraction of sp³-hybridized carbons (Fsp3) is 0.500. The Kier molecular flexibility index (Phi) is 5.33. The molecule has 0 bridgehead atoms. The molecule has 1 unspecified atom stereocenters. The van der Waals surface area contributed by atoms with E-state index in [-0.39, 0.29) is 16.5 Å². The van der Waals surface area contributed by atoms with E-state index in [1.54, 1.807) is 4.90 Å². The van der Waals surface area contributed by atoms with Gasteiger partial charge in [-0.25, -0.2) is 4.39 Å². The Balaban J connectivity index is 1.60. The summed E-state index contributed by atoms with van der Waals surface area (Å²) in [5.41, 5.74) is -0.112. The monoisotopic (exact) mass is 355 g/mol. The number of halogens is 2. The number of amides is 2. The topological polar surface area (TPSA) is 61.9 Å². The molecule has 1 aromatic rings. The zero-order chi connectivity index (χ0) is 17.1. The molecule has 8 heteroatoms. The van der Waals surface area contributed by atoms with E-state index in [0.29, 0.717) is 39.3 Å². The van der Waals surface area contributed by atoms with Crippen molar-refractivity contribution in [2.24, 2.45) is 0 Å².